The molecule has 2 rings (SSSR count). The van der Waals surface area contributed by atoms with Gasteiger partial charge >= 0.3 is 0 Å². The summed E-state index contributed by atoms with van der Waals surface area (Å²) >= 11 is 0. The second kappa shape index (κ2) is 5.97. The minimum absolute atomic E-state index is 0.196. The lowest BCUT2D eigenvalue weighted by Gasteiger charge is -2.22. The van der Waals surface area contributed by atoms with E-state index in [0.717, 1.165) is 12.1 Å². The molecule has 0 radical (unpaired) electrons. The topological polar surface area (TPSA) is 75.0 Å². The van der Waals surface area contributed by atoms with Crippen LogP contribution in [-0.4, -0.2) is 23.1 Å². The van der Waals surface area contributed by atoms with E-state index in [1.165, 1.54) is 6.20 Å². The van der Waals surface area contributed by atoms with Gasteiger partial charge in [-0.25, -0.2) is 4.98 Å². The van der Waals surface area contributed by atoms with Crippen LogP contribution in [-0.2, 0) is 0 Å². The first-order chi connectivity index (χ1) is 8.83. The number of hydrogen-bond donors (Lipinski definition) is 2. The molecule has 0 bridgehead atoms. The van der Waals surface area contributed by atoms with E-state index in [0.29, 0.717) is 18.9 Å². The third-order valence-electron chi connectivity index (χ3n) is 2.60. The highest BCUT2D eigenvalue weighted by molar-refractivity contribution is 5.58. The van der Waals surface area contributed by atoms with Crippen LogP contribution in [0.1, 0.15) is 6.42 Å². The number of nitrogens with zero attached hydrogens (tertiary/aromatic N) is 2. The normalized spacial score (nSPS) is 10.3. The maximum Gasteiger partial charge on any atom is 0.291 e. The van der Waals surface area contributed by atoms with Crippen molar-refractivity contribution < 1.29 is 0 Å². The minimum Gasteiger partial charge on any atom is -0.330 e. The molecule has 0 saturated heterocycles. The van der Waals surface area contributed by atoms with Gasteiger partial charge in [0, 0.05) is 24.6 Å². The molecule has 0 saturated carbocycles. The van der Waals surface area contributed by atoms with Crippen LogP contribution in [0.4, 0.5) is 11.5 Å². The number of benzene rings is 1. The molecule has 0 unspecified atom stereocenters. The standard InChI is InChI=1S/C13H16N4O/c14-7-4-10-17(11-5-2-1-3-6-11)12-13(18)16-9-8-15-12/h1-3,5-6,8-9H,4,7,10,14H2,(H,16,18). The Balaban J connectivity index is 2.37. The lowest BCUT2D eigenvalue weighted by atomic mass is 10.2. The SMILES string of the molecule is NCCCN(c1ccccc1)c1ncc[nH]c1=O. The van der Waals surface area contributed by atoms with Gasteiger partial charge in [0.15, 0.2) is 5.82 Å². The predicted octanol–water partition coefficient (Wildman–Crippen LogP) is 1.26. The summed E-state index contributed by atoms with van der Waals surface area (Å²) in [5, 5.41) is 0. The van der Waals surface area contributed by atoms with Gasteiger partial charge in [0.2, 0.25) is 0 Å². The Hall–Kier alpha value is -2.14. The van der Waals surface area contributed by atoms with Crippen molar-refractivity contribution in [1.29, 1.82) is 0 Å². The summed E-state index contributed by atoms with van der Waals surface area (Å²) in [5.74, 6) is 0.400. The largest absolute Gasteiger partial charge is 0.330 e. The number of hydrogen-bond acceptors (Lipinski definition) is 4. The summed E-state index contributed by atoms with van der Waals surface area (Å²) in [7, 11) is 0. The van der Waals surface area contributed by atoms with Crippen molar-refractivity contribution in [1.82, 2.24) is 9.97 Å². The Morgan fingerprint density at radius 3 is 2.72 bits per heavy atom. The van der Waals surface area contributed by atoms with E-state index in [-0.39, 0.29) is 5.56 Å². The maximum atomic E-state index is 11.8. The van der Waals surface area contributed by atoms with Gasteiger partial charge in [0.25, 0.3) is 5.56 Å². The van der Waals surface area contributed by atoms with E-state index in [1.54, 1.807) is 6.20 Å². The Morgan fingerprint density at radius 2 is 2.06 bits per heavy atom. The lowest BCUT2D eigenvalue weighted by molar-refractivity contribution is 0.804. The molecule has 0 spiro atoms. The van der Waals surface area contributed by atoms with Crippen molar-refractivity contribution in [2.24, 2.45) is 5.73 Å². The van der Waals surface area contributed by atoms with Crippen molar-refractivity contribution in [2.75, 3.05) is 18.0 Å². The van der Waals surface area contributed by atoms with Crippen LogP contribution in [0, 0.1) is 0 Å². The van der Waals surface area contributed by atoms with E-state index in [1.807, 2.05) is 35.2 Å². The van der Waals surface area contributed by atoms with Gasteiger partial charge < -0.3 is 15.6 Å². The lowest BCUT2D eigenvalue weighted by Crippen LogP contribution is -2.27. The fraction of sp³-hybridized carbons (Fsp3) is 0.231. The van der Waals surface area contributed by atoms with Crippen LogP contribution < -0.4 is 16.2 Å². The highest BCUT2D eigenvalue weighted by Gasteiger charge is 2.12. The molecule has 1 heterocycles. The van der Waals surface area contributed by atoms with E-state index >= 15 is 0 Å². The second-order valence-electron chi connectivity index (χ2n) is 3.87. The Morgan fingerprint density at radius 1 is 1.28 bits per heavy atom. The quantitative estimate of drug-likeness (QED) is 0.830. The highest BCUT2D eigenvalue weighted by atomic mass is 16.1. The zero-order valence-corrected chi connectivity index (χ0v) is 10.0. The van der Waals surface area contributed by atoms with Gasteiger partial charge in [-0.2, -0.15) is 0 Å². The number of nitrogens with two attached hydrogens (primary N) is 1. The van der Waals surface area contributed by atoms with Crippen molar-refractivity contribution >= 4 is 11.5 Å². The molecule has 5 nitrogen and oxygen atoms in total. The van der Waals surface area contributed by atoms with Crippen molar-refractivity contribution in [2.45, 2.75) is 6.42 Å². The third kappa shape index (κ3) is 2.75. The third-order valence-corrected chi connectivity index (χ3v) is 2.60. The molecule has 0 amide bonds. The minimum atomic E-state index is -0.196. The van der Waals surface area contributed by atoms with Crippen LogP contribution in [0.15, 0.2) is 47.5 Å². The summed E-state index contributed by atoms with van der Waals surface area (Å²) in [6, 6.07) is 9.70. The number of rotatable bonds is 5. The molecular formula is C13H16N4O. The Bertz CT molecular complexity index is 538. The Kier molecular flexibility index (Phi) is 4.09. The molecule has 1 aromatic heterocycles. The summed E-state index contributed by atoms with van der Waals surface area (Å²) in [6.45, 7) is 1.24. The summed E-state index contributed by atoms with van der Waals surface area (Å²) in [5.41, 5.74) is 6.28. The molecule has 2 aromatic rings. The summed E-state index contributed by atoms with van der Waals surface area (Å²) < 4.78 is 0. The van der Waals surface area contributed by atoms with Gasteiger partial charge in [-0.15, -0.1) is 0 Å². The van der Waals surface area contributed by atoms with Crippen LogP contribution in [0.2, 0.25) is 0 Å². The average molecular weight is 244 g/mol. The van der Waals surface area contributed by atoms with E-state index in [2.05, 4.69) is 9.97 Å². The van der Waals surface area contributed by atoms with Crippen LogP contribution in [0.3, 0.4) is 0 Å². The maximum absolute atomic E-state index is 11.8. The molecule has 18 heavy (non-hydrogen) atoms. The van der Waals surface area contributed by atoms with Crippen LogP contribution >= 0.6 is 0 Å². The smallest absolute Gasteiger partial charge is 0.291 e. The Labute approximate surface area is 105 Å². The van der Waals surface area contributed by atoms with Gasteiger partial charge in [0.05, 0.1) is 0 Å². The fourth-order valence-electron chi connectivity index (χ4n) is 1.75. The van der Waals surface area contributed by atoms with Gasteiger partial charge in [-0.1, -0.05) is 18.2 Å². The van der Waals surface area contributed by atoms with E-state index in [4.69, 9.17) is 5.73 Å². The van der Waals surface area contributed by atoms with Crippen LogP contribution in [0.5, 0.6) is 0 Å². The first kappa shape index (κ1) is 12.3. The van der Waals surface area contributed by atoms with Crippen LogP contribution in [0.25, 0.3) is 0 Å². The van der Waals surface area contributed by atoms with Gasteiger partial charge in [-0.3, -0.25) is 4.79 Å². The fourth-order valence-corrected chi connectivity index (χ4v) is 1.75. The molecule has 94 valence electrons. The summed E-state index contributed by atoms with van der Waals surface area (Å²) in [6.07, 6.45) is 3.90. The summed E-state index contributed by atoms with van der Waals surface area (Å²) in [4.78, 5) is 20.5. The molecule has 3 N–H and O–H groups in total. The number of nitrogens with one attached hydrogen (secondary N) is 1. The molecule has 0 fully saturated rings. The molecular weight excluding hydrogens is 228 g/mol. The molecule has 0 aliphatic heterocycles. The van der Waals surface area contributed by atoms with E-state index < -0.39 is 0 Å². The first-order valence-corrected chi connectivity index (χ1v) is 5.89. The zero-order valence-electron chi connectivity index (χ0n) is 10.0. The van der Waals surface area contributed by atoms with Crippen molar-refractivity contribution in [3.8, 4) is 0 Å². The number of aromatic amines is 1. The number of H-pyrrole nitrogens is 1. The molecule has 0 atom stereocenters. The second-order valence-corrected chi connectivity index (χ2v) is 3.87. The number of para-hydroxylation sites is 1. The monoisotopic (exact) mass is 244 g/mol. The first-order valence-electron chi connectivity index (χ1n) is 5.89. The molecule has 5 heteroatoms. The molecule has 0 aliphatic carbocycles. The average Bonchev–Trinajstić information content (AvgIpc) is 2.42. The van der Waals surface area contributed by atoms with E-state index in [9.17, 15) is 4.79 Å². The van der Waals surface area contributed by atoms with Gasteiger partial charge in [-0.05, 0) is 25.1 Å². The number of aromatic nitrogens is 2. The van der Waals surface area contributed by atoms with Crippen molar-refractivity contribution in [3.05, 3.63) is 53.1 Å². The van der Waals surface area contributed by atoms with Gasteiger partial charge in [0.1, 0.15) is 0 Å². The molecule has 1 aromatic carbocycles. The zero-order chi connectivity index (χ0) is 12.8. The molecule has 0 aliphatic rings. The highest BCUT2D eigenvalue weighted by Crippen LogP contribution is 2.19. The predicted molar refractivity (Wildman–Crippen MR) is 72.0 cm³/mol. The van der Waals surface area contributed by atoms with Crippen molar-refractivity contribution in [3.63, 3.8) is 0 Å². The number of anilines is 2.